The van der Waals surface area contributed by atoms with Crippen LogP contribution in [0.2, 0.25) is 0 Å². The molecule has 0 aliphatic carbocycles. The van der Waals surface area contributed by atoms with E-state index < -0.39 is 0 Å². The summed E-state index contributed by atoms with van der Waals surface area (Å²) in [6.07, 6.45) is 0.413. The highest BCUT2D eigenvalue weighted by molar-refractivity contribution is 14.1. The van der Waals surface area contributed by atoms with Crippen LogP contribution in [0.3, 0.4) is 0 Å². The number of ether oxygens (including phenoxy) is 2. The van der Waals surface area contributed by atoms with E-state index in [0.29, 0.717) is 42.0 Å². The van der Waals surface area contributed by atoms with Gasteiger partial charge in [-0.05, 0) is 58.8 Å². The average molecular weight is 484 g/mol. The quantitative estimate of drug-likeness (QED) is 0.618. The molecule has 1 aliphatic rings. The summed E-state index contributed by atoms with van der Waals surface area (Å²) in [6.45, 7) is 0.603. The van der Waals surface area contributed by atoms with E-state index in [1.807, 2.05) is 12.1 Å². The molecule has 1 heterocycles. The lowest BCUT2D eigenvalue weighted by molar-refractivity contribution is -0.120. The largest absolute Gasteiger partial charge is 0.467 e. The van der Waals surface area contributed by atoms with Gasteiger partial charge in [0.25, 0.3) is 5.91 Å². The molecule has 0 spiro atoms. The second-order valence-corrected chi connectivity index (χ2v) is 7.09. The highest BCUT2D eigenvalue weighted by atomic mass is 127. The Kier molecular flexibility index (Phi) is 6.62. The molecular weight excluding hydrogens is 466 g/mol. The first-order chi connectivity index (χ1) is 13.0. The monoisotopic (exact) mass is 484 g/mol. The van der Waals surface area contributed by atoms with Crippen LogP contribution in [0, 0.1) is 9.39 Å². The van der Waals surface area contributed by atoms with Gasteiger partial charge in [-0.3, -0.25) is 9.59 Å². The molecule has 0 fully saturated rings. The molecule has 0 unspecified atom stereocenters. The van der Waals surface area contributed by atoms with Crippen molar-refractivity contribution in [1.29, 1.82) is 0 Å². The van der Waals surface area contributed by atoms with Gasteiger partial charge in [0.15, 0.2) is 6.79 Å². The maximum atomic E-state index is 13.7. The molecule has 142 valence electrons. The van der Waals surface area contributed by atoms with E-state index >= 15 is 0 Å². The third-order valence-corrected chi connectivity index (χ3v) is 4.94. The maximum Gasteiger partial charge on any atom is 0.252 e. The van der Waals surface area contributed by atoms with Crippen LogP contribution in [0.5, 0.6) is 5.75 Å². The van der Waals surface area contributed by atoms with Crippen LogP contribution in [-0.4, -0.2) is 31.7 Å². The van der Waals surface area contributed by atoms with E-state index in [2.05, 4.69) is 33.2 Å². The van der Waals surface area contributed by atoms with Gasteiger partial charge in [0, 0.05) is 15.7 Å². The van der Waals surface area contributed by atoms with Crippen LogP contribution in [0.4, 0.5) is 4.39 Å². The molecular formula is C19H18FIN2O4. The minimum Gasteiger partial charge on any atom is -0.467 e. The zero-order valence-corrected chi connectivity index (χ0v) is 16.5. The van der Waals surface area contributed by atoms with Gasteiger partial charge in [0.1, 0.15) is 11.6 Å². The smallest absolute Gasteiger partial charge is 0.252 e. The van der Waals surface area contributed by atoms with E-state index in [1.165, 1.54) is 12.1 Å². The number of carbonyl (C=O) groups excluding carboxylic acids is 2. The number of amides is 2. The van der Waals surface area contributed by atoms with Crippen LogP contribution >= 0.6 is 22.6 Å². The Labute approximate surface area is 169 Å². The molecule has 3 rings (SSSR count). The van der Waals surface area contributed by atoms with Gasteiger partial charge in [0.2, 0.25) is 5.91 Å². The molecule has 27 heavy (non-hydrogen) atoms. The van der Waals surface area contributed by atoms with Crippen molar-refractivity contribution in [3.8, 4) is 5.75 Å². The molecule has 8 heteroatoms. The highest BCUT2D eigenvalue weighted by Gasteiger charge is 2.17. The number of carbonyl (C=O) groups is 2. The summed E-state index contributed by atoms with van der Waals surface area (Å²) < 4.78 is 25.1. The van der Waals surface area contributed by atoms with Crippen molar-refractivity contribution in [3.05, 3.63) is 62.5 Å². The van der Waals surface area contributed by atoms with E-state index in [1.54, 1.807) is 12.1 Å². The number of rotatable bonds is 6. The van der Waals surface area contributed by atoms with Crippen LogP contribution in [-0.2, 0) is 22.6 Å². The second-order valence-electron chi connectivity index (χ2n) is 5.93. The van der Waals surface area contributed by atoms with E-state index in [9.17, 15) is 14.0 Å². The number of halogens is 2. The lowest BCUT2D eigenvalue weighted by Gasteiger charge is -2.21. The molecule has 0 aromatic heterocycles. The number of fused-ring (bicyclic) bond motifs is 1. The molecule has 0 saturated heterocycles. The minimum absolute atomic E-state index is 0.127. The van der Waals surface area contributed by atoms with Gasteiger partial charge < -0.3 is 20.1 Å². The maximum absolute atomic E-state index is 13.7. The van der Waals surface area contributed by atoms with Gasteiger partial charge in [-0.2, -0.15) is 0 Å². The molecule has 2 N–H and O–H groups in total. The standard InChI is InChI=1S/C19H18FIN2O4/c20-14-7-12(18-13(8-14)10-26-11-27-18)5-6-22-17(24)9-23-19(25)15-3-1-2-4-16(15)21/h1-4,7-8H,5-6,9-11H2,(H,22,24)(H,23,25). The molecule has 2 amide bonds. The van der Waals surface area contributed by atoms with Crippen molar-refractivity contribution in [2.75, 3.05) is 19.9 Å². The Hall–Kier alpha value is -2.20. The first-order valence-electron chi connectivity index (χ1n) is 8.36. The Morgan fingerprint density at radius 2 is 2.00 bits per heavy atom. The molecule has 2 aromatic carbocycles. The summed E-state index contributed by atoms with van der Waals surface area (Å²) >= 11 is 2.07. The Morgan fingerprint density at radius 1 is 1.19 bits per heavy atom. The van der Waals surface area contributed by atoms with Crippen molar-refractivity contribution in [1.82, 2.24) is 10.6 Å². The summed E-state index contributed by atoms with van der Waals surface area (Å²) in [6, 6.07) is 9.91. The lowest BCUT2D eigenvalue weighted by atomic mass is 10.1. The first-order valence-corrected chi connectivity index (χ1v) is 9.43. The van der Waals surface area contributed by atoms with Gasteiger partial charge >= 0.3 is 0 Å². The van der Waals surface area contributed by atoms with Gasteiger partial charge in [-0.25, -0.2) is 4.39 Å². The van der Waals surface area contributed by atoms with Crippen molar-refractivity contribution in [3.63, 3.8) is 0 Å². The molecule has 0 bridgehead atoms. The predicted octanol–water partition coefficient (Wildman–Crippen LogP) is 2.39. The molecule has 0 atom stereocenters. The predicted molar refractivity (Wildman–Crippen MR) is 105 cm³/mol. The Balaban J connectivity index is 1.48. The van der Waals surface area contributed by atoms with Gasteiger partial charge in [0.05, 0.1) is 18.7 Å². The Bertz CT molecular complexity index is 860. The van der Waals surface area contributed by atoms with Crippen LogP contribution in [0.1, 0.15) is 21.5 Å². The zero-order chi connectivity index (χ0) is 19.2. The summed E-state index contributed by atoms with van der Waals surface area (Å²) in [5.74, 6) is -0.371. The normalized spacial score (nSPS) is 12.7. The van der Waals surface area contributed by atoms with Crippen LogP contribution < -0.4 is 15.4 Å². The van der Waals surface area contributed by atoms with Gasteiger partial charge in [-0.15, -0.1) is 0 Å². The van der Waals surface area contributed by atoms with Crippen molar-refractivity contribution in [2.45, 2.75) is 13.0 Å². The number of benzene rings is 2. The Morgan fingerprint density at radius 3 is 2.81 bits per heavy atom. The van der Waals surface area contributed by atoms with Crippen LogP contribution in [0.25, 0.3) is 0 Å². The SMILES string of the molecule is O=C(CNC(=O)c1ccccc1I)NCCc1cc(F)cc2c1OCOC2. The van der Waals surface area contributed by atoms with E-state index in [0.717, 1.165) is 3.57 Å². The molecule has 0 radical (unpaired) electrons. The number of hydrogen-bond acceptors (Lipinski definition) is 4. The molecule has 0 saturated carbocycles. The highest BCUT2D eigenvalue weighted by Crippen LogP contribution is 2.29. The topological polar surface area (TPSA) is 76.7 Å². The average Bonchev–Trinajstić information content (AvgIpc) is 2.66. The van der Waals surface area contributed by atoms with Crippen molar-refractivity contribution in [2.24, 2.45) is 0 Å². The first kappa shape index (κ1) is 19.6. The van der Waals surface area contributed by atoms with Crippen molar-refractivity contribution >= 4 is 34.4 Å². The fourth-order valence-electron chi connectivity index (χ4n) is 2.74. The minimum atomic E-state index is -0.367. The number of nitrogens with one attached hydrogen (secondary N) is 2. The van der Waals surface area contributed by atoms with Crippen LogP contribution in [0.15, 0.2) is 36.4 Å². The van der Waals surface area contributed by atoms with Gasteiger partial charge in [-0.1, -0.05) is 12.1 Å². The number of hydrogen-bond donors (Lipinski definition) is 2. The fraction of sp³-hybridized carbons (Fsp3) is 0.263. The zero-order valence-electron chi connectivity index (χ0n) is 14.4. The van der Waals surface area contributed by atoms with Crippen molar-refractivity contribution < 1.29 is 23.5 Å². The summed E-state index contributed by atoms with van der Waals surface area (Å²) in [5, 5.41) is 5.30. The molecule has 1 aliphatic heterocycles. The second kappa shape index (κ2) is 9.14. The molecule has 6 nitrogen and oxygen atoms in total. The lowest BCUT2D eigenvalue weighted by Crippen LogP contribution is -2.38. The summed E-state index contributed by atoms with van der Waals surface area (Å²) in [7, 11) is 0. The summed E-state index contributed by atoms with van der Waals surface area (Å²) in [4.78, 5) is 24.1. The fourth-order valence-corrected chi connectivity index (χ4v) is 3.37. The van der Waals surface area contributed by atoms with E-state index in [4.69, 9.17) is 9.47 Å². The third kappa shape index (κ3) is 5.16. The third-order valence-electron chi connectivity index (χ3n) is 4.00. The summed E-state index contributed by atoms with van der Waals surface area (Å²) in [5.41, 5.74) is 1.86. The molecule has 2 aromatic rings. The van der Waals surface area contributed by atoms with E-state index in [-0.39, 0.29) is 31.0 Å².